The Morgan fingerprint density at radius 1 is 0.641 bits per heavy atom. The minimum Gasteiger partial charge on any atom is -0.497 e. The van der Waals surface area contributed by atoms with Gasteiger partial charge in [0, 0.05) is 18.5 Å². The van der Waals surface area contributed by atoms with E-state index in [9.17, 15) is 0 Å². The Morgan fingerprint density at radius 3 is 1.82 bits per heavy atom. The molecule has 0 aliphatic carbocycles. The molecule has 1 aromatic heterocycles. The van der Waals surface area contributed by atoms with Gasteiger partial charge in [-0.3, -0.25) is 0 Å². The van der Waals surface area contributed by atoms with Gasteiger partial charge in [-0.25, -0.2) is 4.98 Å². The Labute approximate surface area is 234 Å². The summed E-state index contributed by atoms with van der Waals surface area (Å²) in [6.45, 7) is 4.55. The SMILES string of the molecule is COc1cccc(CN(Cc2cccc(OC)c2)c2nc(COCCOCCOCc3ccccc3)cs2)c1. The number of anilines is 1. The lowest BCUT2D eigenvalue weighted by atomic mass is 10.1. The molecule has 206 valence electrons. The number of hydrogen-bond donors (Lipinski definition) is 0. The third-order valence-corrected chi connectivity index (χ3v) is 6.88. The fourth-order valence-corrected chi connectivity index (χ4v) is 4.77. The monoisotopic (exact) mass is 548 g/mol. The molecule has 1 heterocycles. The minimum atomic E-state index is 0.441. The summed E-state index contributed by atoms with van der Waals surface area (Å²) in [7, 11) is 3.37. The molecule has 0 atom stereocenters. The van der Waals surface area contributed by atoms with Crippen molar-refractivity contribution in [1.82, 2.24) is 4.98 Å². The molecule has 0 aliphatic heterocycles. The largest absolute Gasteiger partial charge is 0.497 e. The van der Waals surface area contributed by atoms with Gasteiger partial charge >= 0.3 is 0 Å². The summed E-state index contributed by atoms with van der Waals surface area (Å²) < 4.78 is 27.9. The van der Waals surface area contributed by atoms with Crippen molar-refractivity contribution in [2.45, 2.75) is 26.3 Å². The predicted octanol–water partition coefficient (Wildman–Crippen LogP) is 6.12. The first-order chi connectivity index (χ1) is 19.2. The van der Waals surface area contributed by atoms with Crippen LogP contribution < -0.4 is 14.4 Å². The van der Waals surface area contributed by atoms with Gasteiger partial charge in [-0.1, -0.05) is 54.6 Å². The second kappa shape index (κ2) is 15.9. The topological polar surface area (TPSA) is 62.3 Å². The number of thiazole rings is 1. The molecule has 0 radical (unpaired) electrons. The fraction of sp³-hybridized carbons (Fsp3) is 0.323. The molecule has 4 rings (SSSR count). The number of ether oxygens (including phenoxy) is 5. The molecular weight excluding hydrogens is 512 g/mol. The van der Waals surface area contributed by atoms with Gasteiger partial charge in [0.1, 0.15) is 11.5 Å². The molecule has 4 aromatic rings. The van der Waals surface area contributed by atoms with Crippen molar-refractivity contribution >= 4 is 16.5 Å². The van der Waals surface area contributed by atoms with Crippen LogP contribution in [0.15, 0.2) is 84.2 Å². The Hall–Kier alpha value is -3.43. The molecule has 0 bridgehead atoms. The number of benzene rings is 3. The van der Waals surface area contributed by atoms with Crippen LogP contribution >= 0.6 is 11.3 Å². The van der Waals surface area contributed by atoms with Gasteiger partial charge in [-0.15, -0.1) is 11.3 Å². The molecule has 8 heteroatoms. The van der Waals surface area contributed by atoms with Crippen molar-refractivity contribution in [3.63, 3.8) is 0 Å². The zero-order chi connectivity index (χ0) is 27.1. The van der Waals surface area contributed by atoms with Gasteiger partial charge in [0.25, 0.3) is 0 Å². The molecule has 0 aliphatic rings. The molecule has 0 fully saturated rings. The van der Waals surface area contributed by atoms with Gasteiger partial charge in [0.15, 0.2) is 5.13 Å². The van der Waals surface area contributed by atoms with Crippen molar-refractivity contribution in [3.8, 4) is 11.5 Å². The summed E-state index contributed by atoms with van der Waals surface area (Å²) in [6.07, 6.45) is 0. The molecule has 3 aromatic carbocycles. The quantitative estimate of drug-likeness (QED) is 0.147. The van der Waals surface area contributed by atoms with Crippen molar-refractivity contribution in [2.75, 3.05) is 45.5 Å². The van der Waals surface area contributed by atoms with Crippen LogP contribution in [0.2, 0.25) is 0 Å². The molecule has 0 unspecified atom stereocenters. The summed E-state index contributed by atoms with van der Waals surface area (Å²) >= 11 is 1.62. The summed E-state index contributed by atoms with van der Waals surface area (Å²) in [5.41, 5.74) is 4.36. The lowest BCUT2D eigenvalue weighted by molar-refractivity contribution is 0.00661. The van der Waals surface area contributed by atoms with Gasteiger partial charge < -0.3 is 28.6 Å². The average Bonchev–Trinajstić information content (AvgIpc) is 3.45. The molecular formula is C31H36N2O5S. The second-order valence-electron chi connectivity index (χ2n) is 8.88. The van der Waals surface area contributed by atoms with E-state index < -0.39 is 0 Å². The molecule has 39 heavy (non-hydrogen) atoms. The number of methoxy groups -OCH3 is 2. The number of rotatable bonds is 17. The zero-order valence-corrected chi connectivity index (χ0v) is 23.4. The zero-order valence-electron chi connectivity index (χ0n) is 22.6. The van der Waals surface area contributed by atoms with E-state index in [1.165, 1.54) is 0 Å². The van der Waals surface area contributed by atoms with E-state index in [0.717, 1.165) is 39.0 Å². The lowest BCUT2D eigenvalue weighted by Crippen LogP contribution is -2.22. The highest BCUT2D eigenvalue weighted by atomic mass is 32.1. The second-order valence-corrected chi connectivity index (χ2v) is 9.72. The van der Waals surface area contributed by atoms with Crippen LogP contribution in [-0.4, -0.2) is 45.6 Å². The van der Waals surface area contributed by atoms with Crippen LogP contribution in [0.3, 0.4) is 0 Å². The van der Waals surface area contributed by atoms with Crippen LogP contribution in [0.4, 0.5) is 5.13 Å². The Balaban J connectivity index is 1.25. The molecule has 0 N–H and O–H groups in total. The van der Waals surface area contributed by atoms with E-state index in [-0.39, 0.29) is 0 Å². The first kappa shape index (κ1) is 28.6. The Morgan fingerprint density at radius 2 is 1.21 bits per heavy atom. The standard InChI is InChI=1S/C31H36N2O5S/c1-34-29-12-6-10-26(18-29)20-33(21-27-11-7-13-30(19-27)35-2)31-32-28(24-39-31)23-38-17-15-36-14-16-37-22-25-8-4-3-5-9-25/h3-13,18-19,24H,14-17,20-23H2,1-2H3. The molecule has 0 spiro atoms. The number of nitrogens with zero attached hydrogens (tertiary/aromatic N) is 2. The van der Waals surface area contributed by atoms with E-state index in [0.29, 0.717) is 52.7 Å². The predicted molar refractivity (Wildman–Crippen MR) is 155 cm³/mol. The summed E-state index contributed by atoms with van der Waals surface area (Å²) in [4.78, 5) is 7.13. The van der Waals surface area contributed by atoms with Crippen molar-refractivity contribution in [3.05, 3.63) is 107 Å². The van der Waals surface area contributed by atoms with Crippen LogP contribution in [0.25, 0.3) is 0 Å². The fourth-order valence-electron chi connectivity index (χ4n) is 3.96. The minimum absolute atomic E-state index is 0.441. The Bertz CT molecular complexity index is 1200. The van der Waals surface area contributed by atoms with Crippen molar-refractivity contribution < 1.29 is 23.7 Å². The maximum absolute atomic E-state index is 5.81. The first-order valence-electron chi connectivity index (χ1n) is 13.0. The normalized spacial score (nSPS) is 10.9. The molecule has 7 nitrogen and oxygen atoms in total. The van der Waals surface area contributed by atoms with Crippen LogP contribution in [0, 0.1) is 0 Å². The van der Waals surface area contributed by atoms with Gasteiger partial charge in [-0.05, 0) is 41.0 Å². The highest BCUT2D eigenvalue weighted by Gasteiger charge is 2.14. The van der Waals surface area contributed by atoms with E-state index >= 15 is 0 Å². The summed E-state index contributed by atoms with van der Waals surface area (Å²) in [5.74, 6) is 1.68. The van der Waals surface area contributed by atoms with Crippen molar-refractivity contribution in [1.29, 1.82) is 0 Å². The van der Waals surface area contributed by atoms with Gasteiger partial charge in [-0.2, -0.15) is 0 Å². The number of aromatic nitrogens is 1. The van der Waals surface area contributed by atoms with E-state index in [2.05, 4.69) is 46.7 Å². The number of hydrogen-bond acceptors (Lipinski definition) is 8. The van der Waals surface area contributed by atoms with Crippen LogP contribution in [0.5, 0.6) is 11.5 Å². The molecule has 0 amide bonds. The maximum Gasteiger partial charge on any atom is 0.186 e. The van der Waals surface area contributed by atoms with E-state index in [4.69, 9.17) is 28.7 Å². The van der Waals surface area contributed by atoms with Crippen LogP contribution in [-0.2, 0) is 40.5 Å². The van der Waals surface area contributed by atoms with Gasteiger partial charge in [0.2, 0.25) is 0 Å². The summed E-state index contributed by atoms with van der Waals surface area (Å²) in [6, 6.07) is 26.4. The first-order valence-corrected chi connectivity index (χ1v) is 13.8. The third kappa shape index (κ3) is 9.67. The lowest BCUT2D eigenvalue weighted by Gasteiger charge is -2.22. The maximum atomic E-state index is 5.81. The van der Waals surface area contributed by atoms with E-state index in [1.807, 2.05) is 42.5 Å². The highest BCUT2D eigenvalue weighted by molar-refractivity contribution is 7.13. The van der Waals surface area contributed by atoms with Crippen LogP contribution in [0.1, 0.15) is 22.4 Å². The van der Waals surface area contributed by atoms with Gasteiger partial charge in [0.05, 0.1) is 59.6 Å². The average molecular weight is 549 g/mol. The smallest absolute Gasteiger partial charge is 0.186 e. The van der Waals surface area contributed by atoms with E-state index in [1.54, 1.807) is 25.6 Å². The summed E-state index contributed by atoms with van der Waals surface area (Å²) in [5, 5.41) is 2.99. The highest BCUT2D eigenvalue weighted by Crippen LogP contribution is 2.27. The van der Waals surface area contributed by atoms with Crippen molar-refractivity contribution in [2.24, 2.45) is 0 Å². The molecule has 0 saturated carbocycles. The molecule has 0 saturated heterocycles. The Kier molecular flexibility index (Phi) is 11.6. The third-order valence-electron chi connectivity index (χ3n) is 5.93.